The number of aliphatic hydroxyl groups is 3. The minimum Gasteiger partial charge on any atom is -0.396 e. The van der Waals surface area contributed by atoms with E-state index in [0.29, 0.717) is 30.0 Å². The van der Waals surface area contributed by atoms with Crippen LogP contribution in [0.15, 0.2) is 48.1 Å². The first-order valence-electron chi connectivity index (χ1n) is 21.7. The van der Waals surface area contributed by atoms with Crippen molar-refractivity contribution in [3.05, 3.63) is 76.0 Å². The number of carbonyl (C=O) groups excluding carboxylic acids is 2. The number of hydrogen-bond donors (Lipinski definition) is 4. The van der Waals surface area contributed by atoms with Gasteiger partial charge in [-0.2, -0.15) is 0 Å². The molecule has 4 aliphatic carbocycles. The van der Waals surface area contributed by atoms with Gasteiger partial charge in [0.15, 0.2) is 5.78 Å². The monoisotopic (exact) mass is 778 g/mol. The smallest absolute Gasteiger partial charge is 0.246 e. The van der Waals surface area contributed by atoms with E-state index in [0.717, 1.165) is 84.5 Å². The number of unbranched alkanes of at least 4 members (excludes halogenated alkanes) is 3. The van der Waals surface area contributed by atoms with Crippen LogP contribution in [0.1, 0.15) is 159 Å². The summed E-state index contributed by atoms with van der Waals surface area (Å²) in [4.78, 5) is 27.9. The standard InChI is InChI=1S/C49H66N2O6/c1-27(2)39-42(55)37-36-30(33-26-45(4,5)57-46(6,7)38(33)41(36)54)25-31-32-24-29-17-18-34-47(8,20-15-16-28(3)44(56)50-22-13-11-12-14-23-52)35(53)19-21-48(34,9)49(29,10)43(32)51(39)40(31)37/h15-16,20,25-26,29,34-35,38-39,41,52-54H,1,11-14,17-19,21-24H2,2-10H3,(H,50,56)/b20-15+,28-16+. The zero-order chi connectivity index (χ0) is 41.2. The molecule has 2 aromatic rings. The van der Waals surface area contributed by atoms with E-state index in [1.807, 2.05) is 26.0 Å². The predicted molar refractivity (Wildman–Crippen MR) is 226 cm³/mol. The number of aliphatic hydroxyl groups excluding tert-OH is 3. The third kappa shape index (κ3) is 5.66. The molecule has 1 amide bonds. The molecule has 57 heavy (non-hydrogen) atoms. The average Bonchev–Trinajstić information content (AvgIpc) is 3.80. The molecule has 0 spiro atoms. The van der Waals surface area contributed by atoms with Gasteiger partial charge in [-0.25, -0.2) is 0 Å². The molecule has 1 aromatic carbocycles. The van der Waals surface area contributed by atoms with Crippen molar-refractivity contribution < 1.29 is 29.6 Å². The number of amides is 1. The maximum absolute atomic E-state index is 15.0. The van der Waals surface area contributed by atoms with E-state index in [4.69, 9.17) is 9.84 Å². The van der Waals surface area contributed by atoms with E-state index in [9.17, 15) is 19.8 Å². The van der Waals surface area contributed by atoms with Gasteiger partial charge in [0.1, 0.15) is 6.04 Å². The van der Waals surface area contributed by atoms with E-state index in [1.54, 1.807) is 0 Å². The highest BCUT2D eigenvalue weighted by Gasteiger charge is 2.67. The topological polar surface area (TPSA) is 121 Å². The molecule has 4 N–H and O–H groups in total. The summed E-state index contributed by atoms with van der Waals surface area (Å²) in [6.45, 7) is 24.4. The summed E-state index contributed by atoms with van der Waals surface area (Å²) in [5.41, 5.74) is 6.34. The normalized spacial score (nSPS) is 35.8. The van der Waals surface area contributed by atoms with Crippen LogP contribution in [-0.2, 0) is 21.4 Å². The van der Waals surface area contributed by atoms with Crippen molar-refractivity contribution in [1.82, 2.24) is 9.88 Å². The molecule has 2 saturated carbocycles. The molecule has 1 aromatic heterocycles. The van der Waals surface area contributed by atoms with Crippen LogP contribution in [0, 0.1) is 28.6 Å². The van der Waals surface area contributed by atoms with Gasteiger partial charge in [0.2, 0.25) is 5.91 Å². The number of hydrogen-bond acceptors (Lipinski definition) is 6. The number of Topliss-reactive ketones (excluding diaryl/α,β-unsaturated/α-hetero) is 1. The summed E-state index contributed by atoms with van der Waals surface area (Å²) in [5.74, 6) is 0.214. The van der Waals surface area contributed by atoms with Crippen molar-refractivity contribution in [1.29, 1.82) is 0 Å². The molecule has 9 atom stereocenters. The number of carbonyl (C=O) groups is 2. The molecule has 2 aliphatic heterocycles. The zero-order valence-corrected chi connectivity index (χ0v) is 35.8. The van der Waals surface area contributed by atoms with Gasteiger partial charge in [0.05, 0.1) is 34.5 Å². The number of allylic oxidation sites excluding steroid dienone is 3. The van der Waals surface area contributed by atoms with Crippen LogP contribution in [-0.4, -0.2) is 62.0 Å². The number of ketones is 1. The summed E-state index contributed by atoms with van der Waals surface area (Å²) < 4.78 is 8.91. The Morgan fingerprint density at radius 1 is 1.04 bits per heavy atom. The molecule has 3 heterocycles. The Balaban J connectivity index is 1.20. The van der Waals surface area contributed by atoms with Crippen molar-refractivity contribution in [2.45, 2.75) is 155 Å². The third-order valence-corrected chi connectivity index (χ3v) is 16.1. The number of aromatic nitrogens is 1. The van der Waals surface area contributed by atoms with Gasteiger partial charge >= 0.3 is 0 Å². The summed E-state index contributed by atoms with van der Waals surface area (Å²) >= 11 is 0. The highest BCUT2D eigenvalue weighted by Crippen LogP contribution is 2.71. The molecule has 308 valence electrons. The van der Waals surface area contributed by atoms with Crippen molar-refractivity contribution in [2.75, 3.05) is 13.2 Å². The number of nitrogens with one attached hydrogen (secondary N) is 1. The fourth-order valence-corrected chi connectivity index (χ4v) is 13.5. The van der Waals surface area contributed by atoms with Gasteiger partial charge in [0, 0.05) is 52.1 Å². The van der Waals surface area contributed by atoms with Crippen LogP contribution in [0.3, 0.4) is 0 Å². The molecular formula is C49H66N2O6. The molecule has 8 nitrogen and oxygen atoms in total. The van der Waals surface area contributed by atoms with Crippen LogP contribution < -0.4 is 5.32 Å². The maximum Gasteiger partial charge on any atom is 0.246 e. The molecule has 6 aliphatic rings. The summed E-state index contributed by atoms with van der Waals surface area (Å²) in [6.07, 6.45) is 14.9. The number of fused-ring (bicyclic) bond motifs is 11. The van der Waals surface area contributed by atoms with Crippen LogP contribution in [0.2, 0.25) is 0 Å². The lowest BCUT2D eigenvalue weighted by Gasteiger charge is -2.64. The molecule has 0 saturated heterocycles. The second-order valence-electron chi connectivity index (χ2n) is 20.4. The van der Waals surface area contributed by atoms with Crippen molar-refractivity contribution in [3.63, 3.8) is 0 Å². The Hall–Kier alpha value is -3.30. The summed E-state index contributed by atoms with van der Waals surface area (Å²) in [7, 11) is 0. The van der Waals surface area contributed by atoms with E-state index in [2.05, 4.69) is 83.1 Å². The van der Waals surface area contributed by atoms with E-state index < -0.39 is 34.9 Å². The van der Waals surface area contributed by atoms with Crippen molar-refractivity contribution >= 4 is 28.2 Å². The Morgan fingerprint density at radius 3 is 2.46 bits per heavy atom. The molecule has 8 rings (SSSR count). The average molecular weight is 779 g/mol. The summed E-state index contributed by atoms with van der Waals surface area (Å²) in [6, 6.07) is 1.77. The number of rotatable bonds is 10. The first kappa shape index (κ1) is 40.5. The SMILES string of the molecule is C=C(C)C1C(=O)c2c3c(cc4c5c(n1c24)C1(C)C(CCC2C(C)(/C=C/C=C(\C)C(=O)NCCCCCCO)C(O)CCC21C)C5)C1=CC(C)(C)OC(C)(C)C1C3O. The fraction of sp³-hybridized carbons (Fsp3) is 0.633. The first-order chi connectivity index (χ1) is 26.7. The second-order valence-corrected chi connectivity index (χ2v) is 20.4. The second kappa shape index (κ2) is 13.6. The van der Waals surface area contributed by atoms with Gasteiger partial charge < -0.3 is 29.9 Å². The van der Waals surface area contributed by atoms with Gasteiger partial charge in [-0.1, -0.05) is 64.0 Å². The minimum atomic E-state index is -0.860. The Kier molecular flexibility index (Phi) is 9.67. The Bertz CT molecular complexity index is 2150. The fourth-order valence-electron chi connectivity index (χ4n) is 13.5. The lowest BCUT2D eigenvalue weighted by atomic mass is 9.40. The van der Waals surface area contributed by atoms with Gasteiger partial charge in [-0.15, -0.1) is 0 Å². The minimum absolute atomic E-state index is 0.0303. The van der Waals surface area contributed by atoms with Crippen molar-refractivity contribution in [2.24, 2.45) is 28.6 Å². The third-order valence-electron chi connectivity index (χ3n) is 16.1. The van der Waals surface area contributed by atoms with Crippen LogP contribution >= 0.6 is 0 Å². The van der Waals surface area contributed by atoms with Crippen LogP contribution in [0.4, 0.5) is 0 Å². The lowest BCUT2D eigenvalue weighted by Crippen LogP contribution is -2.62. The highest BCUT2D eigenvalue weighted by molar-refractivity contribution is 6.18. The molecule has 8 heteroatoms. The van der Waals surface area contributed by atoms with Crippen LogP contribution in [0.25, 0.3) is 16.5 Å². The first-order valence-corrected chi connectivity index (χ1v) is 21.7. The summed E-state index contributed by atoms with van der Waals surface area (Å²) in [5, 5.41) is 37.3. The van der Waals surface area contributed by atoms with E-state index in [1.165, 1.54) is 11.3 Å². The van der Waals surface area contributed by atoms with Crippen molar-refractivity contribution in [3.8, 4) is 0 Å². The largest absolute Gasteiger partial charge is 0.396 e. The Labute approximate surface area is 339 Å². The quantitative estimate of drug-likeness (QED) is 0.0829. The predicted octanol–water partition coefficient (Wildman–Crippen LogP) is 8.77. The van der Waals surface area contributed by atoms with Gasteiger partial charge in [-0.05, 0) is 133 Å². The number of nitrogens with zero attached hydrogens (tertiary/aromatic N) is 1. The van der Waals surface area contributed by atoms with Gasteiger partial charge in [-0.3, -0.25) is 9.59 Å². The van der Waals surface area contributed by atoms with Crippen LogP contribution in [0.5, 0.6) is 0 Å². The molecular weight excluding hydrogens is 713 g/mol. The zero-order valence-electron chi connectivity index (χ0n) is 35.8. The molecule has 0 radical (unpaired) electrons. The molecule has 9 unspecified atom stereocenters. The number of ether oxygens (including phenoxy) is 1. The molecule has 0 bridgehead atoms. The highest BCUT2D eigenvalue weighted by atomic mass is 16.5. The van der Waals surface area contributed by atoms with E-state index in [-0.39, 0.29) is 41.0 Å². The Morgan fingerprint density at radius 2 is 1.75 bits per heavy atom. The molecule has 2 fully saturated rings. The lowest BCUT2D eigenvalue weighted by molar-refractivity contribution is -0.144. The van der Waals surface area contributed by atoms with Gasteiger partial charge in [0.25, 0.3) is 0 Å². The number of benzene rings is 1. The maximum atomic E-state index is 15.0. The van der Waals surface area contributed by atoms with E-state index >= 15 is 0 Å².